The standard InChI is InChI=1S/C15H28N2O/c16-11-14(13-7-2-1-3-8-13)17-15(18)10-9-12-5-4-6-12/h12-14H,1-11,16H2,(H,17,18). The molecule has 3 nitrogen and oxygen atoms in total. The fourth-order valence-corrected chi connectivity index (χ4v) is 3.30. The molecular formula is C15H28N2O. The summed E-state index contributed by atoms with van der Waals surface area (Å²) in [5.41, 5.74) is 5.83. The van der Waals surface area contributed by atoms with E-state index in [9.17, 15) is 4.79 Å². The molecule has 2 aliphatic rings. The maximum absolute atomic E-state index is 11.9. The summed E-state index contributed by atoms with van der Waals surface area (Å²) in [7, 11) is 0. The van der Waals surface area contributed by atoms with Gasteiger partial charge in [0.2, 0.25) is 5.91 Å². The van der Waals surface area contributed by atoms with Gasteiger partial charge in [-0.05, 0) is 31.1 Å². The van der Waals surface area contributed by atoms with Crippen LogP contribution in [0.4, 0.5) is 0 Å². The number of hydrogen-bond donors (Lipinski definition) is 2. The first-order chi connectivity index (χ1) is 8.79. The third kappa shape index (κ3) is 3.98. The molecule has 0 spiro atoms. The molecule has 2 rings (SSSR count). The van der Waals surface area contributed by atoms with Crippen LogP contribution in [0.15, 0.2) is 0 Å². The minimum atomic E-state index is 0.221. The van der Waals surface area contributed by atoms with Gasteiger partial charge in [-0.1, -0.05) is 38.5 Å². The fraction of sp³-hybridized carbons (Fsp3) is 0.933. The summed E-state index contributed by atoms with van der Waals surface area (Å²) < 4.78 is 0. The first-order valence-electron chi connectivity index (χ1n) is 7.79. The predicted molar refractivity (Wildman–Crippen MR) is 74.1 cm³/mol. The molecule has 0 aromatic heterocycles. The summed E-state index contributed by atoms with van der Waals surface area (Å²) in [5, 5.41) is 3.18. The van der Waals surface area contributed by atoms with Crippen molar-refractivity contribution < 1.29 is 4.79 Å². The zero-order chi connectivity index (χ0) is 12.8. The second kappa shape index (κ2) is 7.13. The SMILES string of the molecule is NCC(NC(=O)CCC1CCC1)C1CCCCC1. The van der Waals surface area contributed by atoms with Crippen LogP contribution in [0.5, 0.6) is 0 Å². The van der Waals surface area contributed by atoms with Gasteiger partial charge in [-0.2, -0.15) is 0 Å². The molecule has 0 heterocycles. The Labute approximate surface area is 111 Å². The number of carbonyl (C=O) groups excluding carboxylic acids is 1. The Morgan fingerprint density at radius 3 is 2.39 bits per heavy atom. The highest BCUT2D eigenvalue weighted by Gasteiger charge is 2.24. The van der Waals surface area contributed by atoms with E-state index in [0.717, 1.165) is 12.3 Å². The predicted octanol–water partition coefficient (Wildman–Crippen LogP) is 2.59. The number of nitrogens with one attached hydrogen (secondary N) is 1. The Morgan fingerprint density at radius 1 is 1.11 bits per heavy atom. The highest BCUT2D eigenvalue weighted by atomic mass is 16.1. The fourth-order valence-electron chi connectivity index (χ4n) is 3.30. The van der Waals surface area contributed by atoms with Crippen LogP contribution >= 0.6 is 0 Å². The van der Waals surface area contributed by atoms with Gasteiger partial charge in [-0.25, -0.2) is 0 Å². The van der Waals surface area contributed by atoms with Crippen LogP contribution in [0.3, 0.4) is 0 Å². The van der Waals surface area contributed by atoms with E-state index >= 15 is 0 Å². The quantitative estimate of drug-likeness (QED) is 0.763. The summed E-state index contributed by atoms with van der Waals surface area (Å²) in [6.45, 7) is 0.597. The van der Waals surface area contributed by atoms with Crippen LogP contribution in [-0.2, 0) is 4.79 Å². The molecule has 2 saturated carbocycles. The molecule has 0 bridgehead atoms. The van der Waals surface area contributed by atoms with E-state index < -0.39 is 0 Å². The largest absolute Gasteiger partial charge is 0.352 e. The zero-order valence-electron chi connectivity index (χ0n) is 11.5. The third-order valence-corrected chi connectivity index (χ3v) is 4.82. The zero-order valence-corrected chi connectivity index (χ0v) is 11.5. The average Bonchev–Trinajstić information content (AvgIpc) is 2.35. The number of nitrogens with two attached hydrogens (primary N) is 1. The van der Waals surface area contributed by atoms with Crippen LogP contribution in [0.1, 0.15) is 64.2 Å². The van der Waals surface area contributed by atoms with Gasteiger partial charge >= 0.3 is 0 Å². The molecule has 0 aliphatic heterocycles. The molecule has 2 fully saturated rings. The molecule has 0 aromatic carbocycles. The van der Waals surface area contributed by atoms with E-state index in [1.165, 1.54) is 51.4 Å². The Balaban J connectivity index is 1.68. The van der Waals surface area contributed by atoms with E-state index in [1.54, 1.807) is 0 Å². The first kappa shape index (κ1) is 13.9. The van der Waals surface area contributed by atoms with Gasteiger partial charge in [-0.3, -0.25) is 4.79 Å². The van der Waals surface area contributed by atoms with Crippen molar-refractivity contribution in [1.82, 2.24) is 5.32 Å². The summed E-state index contributed by atoms with van der Waals surface area (Å²) in [6, 6.07) is 0.221. The second-order valence-corrected chi connectivity index (χ2v) is 6.14. The van der Waals surface area contributed by atoms with Crippen molar-refractivity contribution in [3.63, 3.8) is 0 Å². The van der Waals surface area contributed by atoms with Gasteiger partial charge in [0, 0.05) is 19.0 Å². The topological polar surface area (TPSA) is 55.1 Å². The lowest BCUT2D eigenvalue weighted by Crippen LogP contribution is -2.46. The minimum absolute atomic E-state index is 0.221. The summed E-state index contributed by atoms with van der Waals surface area (Å²) >= 11 is 0. The van der Waals surface area contributed by atoms with Crippen molar-refractivity contribution >= 4 is 5.91 Å². The van der Waals surface area contributed by atoms with Crippen molar-refractivity contribution in [2.24, 2.45) is 17.6 Å². The second-order valence-electron chi connectivity index (χ2n) is 6.14. The van der Waals surface area contributed by atoms with Crippen LogP contribution in [0.25, 0.3) is 0 Å². The lowest BCUT2D eigenvalue weighted by Gasteiger charge is -2.30. The van der Waals surface area contributed by atoms with Crippen LogP contribution in [-0.4, -0.2) is 18.5 Å². The number of carbonyl (C=O) groups is 1. The Bertz CT molecular complexity index is 257. The molecule has 2 aliphatic carbocycles. The van der Waals surface area contributed by atoms with Gasteiger partial charge < -0.3 is 11.1 Å². The molecule has 1 atom stereocenters. The number of hydrogen-bond acceptors (Lipinski definition) is 2. The maximum atomic E-state index is 11.9. The summed E-state index contributed by atoms with van der Waals surface area (Å²) in [5.74, 6) is 1.67. The number of amides is 1. The Hall–Kier alpha value is -0.570. The lowest BCUT2D eigenvalue weighted by atomic mass is 9.82. The van der Waals surface area contributed by atoms with Gasteiger partial charge in [0.1, 0.15) is 0 Å². The molecule has 104 valence electrons. The normalized spacial score (nSPS) is 23.4. The molecule has 1 amide bonds. The van der Waals surface area contributed by atoms with E-state index in [1.807, 2.05) is 0 Å². The Morgan fingerprint density at radius 2 is 1.83 bits per heavy atom. The lowest BCUT2D eigenvalue weighted by molar-refractivity contribution is -0.122. The van der Waals surface area contributed by atoms with Crippen LogP contribution < -0.4 is 11.1 Å². The smallest absolute Gasteiger partial charge is 0.220 e. The van der Waals surface area contributed by atoms with E-state index in [4.69, 9.17) is 5.73 Å². The maximum Gasteiger partial charge on any atom is 0.220 e. The highest BCUT2D eigenvalue weighted by Crippen LogP contribution is 2.30. The molecule has 1 unspecified atom stereocenters. The monoisotopic (exact) mass is 252 g/mol. The molecule has 0 radical (unpaired) electrons. The molecule has 0 saturated heterocycles. The van der Waals surface area contributed by atoms with Crippen molar-refractivity contribution in [2.75, 3.05) is 6.54 Å². The highest BCUT2D eigenvalue weighted by molar-refractivity contribution is 5.76. The van der Waals surface area contributed by atoms with Crippen molar-refractivity contribution in [2.45, 2.75) is 70.3 Å². The molecular weight excluding hydrogens is 224 g/mol. The third-order valence-electron chi connectivity index (χ3n) is 4.82. The summed E-state index contributed by atoms with van der Waals surface area (Å²) in [4.78, 5) is 11.9. The molecule has 0 aromatic rings. The van der Waals surface area contributed by atoms with Gasteiger partial charge in [-0.15, -0.1) is 0 Å². The van der Waals surface area contributed by atoms with Crippen LogP contribution in [0, 0.1) is 11.8 Å². The van der Waals surface area contributed by atoms with E-state index in [0.29, 0.717) is 18.9 Å². The average molecular weight is 252 g/mol. The number of rotatable bonds is 6. The van der Waals surface area contributed by atoms with Gasteiger partial charge in [0.15, 0.2) is 0 Å². The molecule has 3 heteroatoms. The van der Waals surface area contributed by atoms with Crippen molar-refractivity contribution in [1.29, 1.82) is 0 Å². The van der Waals surface area contributed by atoms with Crippen LogP contribution in [0.2, 0.25) is 0 Å². The van der Waals surface area contributed by atoms with Crippen molar-refractivity contribution in [3.05, 3.63) is 0 Å². The summed E-state index contributed by atoms with van der Waals surface area (Å²) in [6.07, 6.45) is 12.2. The van der Waals surface area contributed by atoms with Gasteiger partial charge in [0.05, 0.1) is 0 Å². The van der Waals surface area contributed by atoms with Crippen molar-refractivity contribution in [3.8, 4) is 0 Å². The first-order valence-corrected chi connectivity index (χ1v) is 7.79. The van der Waals surface area contributed by atoms with E-state index in [-0.39, 0.29) is 11.9 Å². The molecule has 3 N–H and O–H groups in total. The van der Waals surface area contributed by atoms with E-state index in [2.05, 4.69) is 5.32 Å². The minimum Gasteiger partial charge on any atom is -0.352 e. The van der Waals surface area contributed by atoms with Gasteiger partial charge in [0.25, 0.3) is 0 Å². The molecule has 18 heavy (non-hydrogen) atoms. The Kier molecular flexibility index (Phi) is 5.48.